The molecule has 2 amide bonds. The van der Waals surface area contributed by atoms with Crippen LogP contribution >= 0.6 is 0 Å². The van der Waals surface area contributed by atoms with Gasteiger partial charge in [-0.05, 0) is 46.3 Å². The summed E-state index contributed by atoms with van der Waals surface area (Å²) in [5, 5.41) is 2.44. The summed E-state index contributed by atoms with van der Waals surface area (Å²) < 4.78 is 0. The quantitative estimate of drug-likeness (QED) is 0.700. The van der Waals surface area contributed by atoms with E-state index in [1.54, 1.807) is 0 Å². The lowest BCUT2D eigenvalue weighted by Crippen LogP contribution is -2.33. The molecule has 0 saturated carbocycles. The molecular formula is C11H20N2O2. The minimum Gasteiger partial charge on any atom is -0.309 e. The standard InChI is InChI=1S/C11H20N2O2/c1-13(2)8-4-6-9-5-3-7-10(14)12-11(9)15/h9H,3-8H2,1-2H3,(H,12,14,15). The molecule has 0 radical (unpaired) electrons. The normalized spacial score (nSPS) is 22.7. The van der Waals surface area contributed by atoms with Gasteiger partial charge in [-0.3, -0.25) is 14.9 Å². The smallest absolute Gasteiger partial charge is 0.229 e. The van der Waals surface area contributed by atoms with E-state index in [4.69, 9.17) is 0 Å². The van der Waals surface area contributed by atoms with Gasteiger partial charge >= 0.3 is 0 Å². The molecule has 0 bridgehead atoms. The number of hydrogen-bond acceptors (Lipinski definition) is 3. The number of rotatable bonds is 4. The van der Waals surface area contributed by atoms with Crippen molar-refractivity contribution in [1.29, 1.82) is 0 Å². The Balaban J connectivity index is 2.33. The second-order valence-corrected chi connectivity index (χ2v) is 4.45. The highest BCUT2D eigenvalue weighted by Gasteiger charge is 2.23. The van der Waals surface area contributed by atoms with E-state index in [9.17, 15) is 9.59 Å². The number of imide groups is 1. The van der Waals surface area contributed by atoms with Gasteiger partial charge in [-0.15, -0.1) is 0 Å². The third kappa shape index (κ3) is 4.42. The van der Waals surface area contributed by atoms with Gasteiger partial charge in [0, 0.05) is 12.3 Å². The summed E-state index contributed by atoms with van der Waals surface area (Å²) >= 11 is 0. The van der Waals surface area contributed by atoms with Crippen LogP contribution in [0.1, 0.15) is 32.1 Å². The SMILES string of the molecule is CN(C)CCCC1CCCC(=O)NC1=O. The summed E-state index contributed by atoms with van der Waals surface area (Å²) in [6, 6.07) is 0. The van der Waals surface area contributed by atoms with E-state index in [0.717, 1.165) is 32.2 Å². The molecule has 0 aromatic rings. The van der Waals surface area contributed by atoms with Crippen LogP contribution in [-0.2, 0) is 9.59 Å². The van der Waals surface area contributed by atoms with Gasteiger partial charge in [0.15, 0.2) is 0 Å². The molecule has 4 nitrogen and oxygen atoms in total. The van der Waals surface area contributed by atoms with Crippen molar-refractivity contribution in [1.82, 2.24) is 10.2 Å². The molecule has 0 spiro atoms. The molecule has 1 rings (SSSR count). The molecule has 0 aromatic heterocycles. The van der Waals surface area contributed by atoms with Gasteiger partial charge in [0.2, 0.25) is 11.8 Å². The number of carbonyl (C=O) groups is 2. The first-order chi connectivity index (χ1) is 7.09. The second-order valence-electron chi connectivity index (χ2n) is 4.45. The Morgan fingerprint density at radius 1 is 1.40 bits per heavy atom. The molecule has 1 aliphatic rings. The van der Waals surface area contributed by atoms with Crippen LogP contribution in [0.2, 0.25) is 0 Å². The zero-order valence-electron chi connectivity index (χ0n) is 9.58. The first kappa shape index (κ1) is 12.2. The van der Waals surface area contributed by atoms with Crippen molar-refractivity contribution < 1.29 is 9.59 Å². The van der Waals surface area contributed by atoms with Crippen LogP contribution in [0.4, 0.5) is 0 Å². The van der Waals surface area contributed by atoms with Crippen molar-refractivity contribution in [3.05, 3.63) is 0 Å². The molecule has 0 aromatic carbocycles. The van der Waals surface area contributed by atoms with E-state index in [2.05, 4.69) is 10.2 Å². The Morgan fingerprint density at radius 2 is 2.13 bits per heavy atom. The third-order valence-corrected chi connectivity index (χ3v) is 2.75. The summed E-state index contributed by atoms with van der Waals surface area (Å²) in [7, 11) is 4.05. The van der Waals surface area contributed by atoms with E-state index < -0.39 is 0 Å². The Hall–Kier alpha value is -0.900. The van der Waals surface area contributed by atoms with Gasteiger partial charge in [0.25, 0.3) is 0 Å². The van der Waals surface area contributed by atoms with Gasteiger partial charge in [0.05, 0.1) is 0 Å². The summed E-state index contributed by atoms with van der Waals surface area (Å²) in [5.74, 6) is -0.150. The van der Waals surface area contributed by atoms with E-state index in [1.165, 1.54) is 0 Å². The molecule has 0 aliphatic carbocycles. The van der Waals surface area contributed by atoms with Gasteiger partial charge in [0.1, 0.15) is 0 Å². The minimum absolute atomic E-state index is 0.0383. The Morgan fingerprint density at radius 3 is 2.80 bits per heavy atom. The molecular weight excluding hydrogens is 192 g/mol. The lowest BCUT2D eigenvalue weighted by Gasteiger charge is -2.14. The first-order valence-electron chi connectivity index (χ1n) is 5.58. The van der Waals surface area contributed by atoms with E-state index >= 15 is 0 Å². The predicted octanol–water partition coefficient (Wildman–Crippen LogP) is 0.771. The Kier molecular flexibility index (Phi) is 4.75. The fraction of sp³-hybridized carbons (Fsp3) is 0.818. The average molecular weight is 212 g/mol. The summed E-state index contributed by atoms with van der Waals surface area (Å²) in [6.07, 6.45) is 4.09. The molecule has 1 fully saturated rings. The average Bonchev–Trinajstić information content (AvgIpc) is 2.28. The maximum Gasteiger partial charge on any atom is 0.229 e. The lowest BCUT2D eigenvalue weighted by molar-refractivity contribution is -0.131. The van der Waals surface area contributed by atoms with Crippen molar-refractivity contribution in [3.8, 4) is 0 Å². The second kappa shape index (κ2) is 5.85. The Bertz CT molecular complexity index is 239. The van der Waals surface area contributed by atoms with Crippen molar-refractivity contribution >= 4 is 11.8 Å². The van der Waals surface area contributed by atoms with Crippen LogP contribution < -0.4 is 5.32 Å². The molecule has 15 heavy (non-hydrogen) atoms. The number of nitrogens with one attached hydrogen (secondary N) is 1. The van der Waals surface area contributed by atoms with E-state index in [-0.39, 0.29) is 17.7 Å². The maximum atomic E-state index is 11.6. The maximum absolute atomic E-state index is 11.6. The lowest BCUT2D eigenvalue weighted by atomic mass is 9.97. The third-order valence-electron chi connectivity index (χ3n) is 2.75. The molecule has 86 valence electrons. The number of hydrogen-bond donors (Lipinski definition) is 1. The molecule has 1 heterocycles. The first-order valence-corrected chi connectivity index (χ1v) is 5.58. The van der Waals surface area contributed by atoms with Crippen molar-refractivity contribution in [2.45, 2.75) is 32.1 Å². The molecule has 1 atom stereocenters. The van der Waals surface area contributed by atoms with Gasteiger partial charge in [-0.25, -0.2) is 0 Å². The fourth-order valence-corrected chi connectivity index (χ4v) is 1.87. The summed E-state index contributed by atoms with van der Waals surface area (Å²) in [6.45, 7) is 0.998. The van der Waals surface area contributed by atoms with E-state index in [1.807, 2.05) is 14.1 Å². The van der Waals surface area contributed by atoms with Crippen LogP contribution in [0.15, 0.2) is 0 Å². The molecule has 1 saturated heterocycles. The highest BCUT2D eigenvalue weighted by atomic mass is 16.2. The topological polar surface area (TPSA) is 49.4 Å². The van der Waals surface area contributed by atoms with Gasteiger partial charge in [-0.2, -0.15) is 0 Å². The minimum atomic E-state index is -0.116. The van der Waals surface area contributed by atoms with Crippen LogP contribution in [0, 0.1) is 5.92 Å². The van der Waals surface area contributed by atoms with Crippen LogP contribution in [0.25, 0.3) is 0 Å². The van der Waals surface area contributed by atoms with Crippen molar-refractivity contribution in [2.75, 3.05) is 20.6 Å². The number of nitrogens with zero attached hydrogens (tertiary/aromatic N) is 1. The van der Waals surface area contributed by atoms with Gasteiger partial charge in [-0.1, -0.05) is 0 Å². The largest absolute Gasteiger partial charge is 0.309 e. The van der Waals surface area contributed by atoms with Crippen molar-refractivity contribution in [2.24, 2.45) is 5.92 Å². The highest BCUT2D eigenvalue weighted by molar-refractivity contribution is 5.96. The number of carbonyl (C=O) groups excluding carboxylic acids is 2. The van der Waals surface area contributed by atoms with E-state index in [0.29, 0.717) is 6.42 Å². The predicted molar refractivity (Wildman–Crippen MR) is 58.3 cm³/mol. The van der Waals surface area contributed by atoms with Crippen LogP contribution in [0.5, 0.6) is 0 Å². The summed E-state index contributed by atoms with van der Waals surface area (Å²) in [5.41, 5.74) is 0. The monoisotopic (exact) mass is 212 g/mol. The highest BCUT2D eigenvalue weighted by Crippen LogP contribution is 2.18. The van der Waals surface area contributed by atoms with Crippen LogP contribution in [-0.4, -0.2) is 37.4 Å². The number of amides is 2. The Labute approximate surface area is 91.0 Å². The molecule has 1 unspecified atom stereocenters. The zero-order chi connectivity index (χ0) is 11.3. The molecule has 1 N–H and O–H groups in total. The zero-order valence-corrected chi connectivity index (χ0v) is 9.58. The van der Waals surface area contributed by atoms with Crippen LogP contribution in [0.3, 0.4) is 0 Å². The summed E-state index contributed by atoms with van der Waals surface area (Å²) in [4.78, 5) is 24.7. The molecule has 1 aliphatic heterocycles. The molecule has 4 heteroatoms. The van der Waals surface area contributed by atoms with Gasteiger partial charge < -0.3 is 4.90 Å². The van der Waals surface area contributed by atoms with Crippen molar-refractivity contribution in [3.63, 3.8) is 0 Å². The fourth-order valence-electron chi connectivity index (χ4n) is 1.87.